The van der Waals surface area contributed by atoms with Crippen LogP contribution in [-0.4, -0.2) is 18.9 Å². The maximum absolute atomic E-state index is 11.8. The number of hydrogen-bond acceptors (Lipinski definition) is 2. The lowest BCUT2D eigenvalue weighted by Gasteiger charge is -2.35. The van der Waals surface area contributed by atoms with Crippen molar-refractivity contribution < 1.29 is 4.79 Å². The van der Waals surface area contributed by atoms with Crippen LogP contribution in [0.25, 0.3) is 0 Å². The first kappa shape index (κ1) is 17.9. The molecule has 1 aliphatic heterocycles. The first-order valence-corrected chi connectivity index (χ1v) is 8.53. The fraction of sp³-hybridized carbons (Fsp3) is 0.632. The summed E-state index contributed by atoms with van der Waals surface area (Å²) in [5.41, 5.74) is 3.02. The number of rotatable bonds is 1. The van der Waals surface area contributed by atoms with Gasteiger partial charge in [-0.1, -0.05) is 52.0 Å². The molecule has 118 valence electrons. The Morgan fingerprint density at radius 2 is 1.67 bits per heavy atom. The van der Waals surface area contributed by atoms with Crippen molar-refractivity contribution in [3.05, 3.63) is 35.4 Å². The van der Waals surface area contributed by atoms with Crippen molar-refractivity contribution >= 4 is 5.78 Å². The number of ketones is 1. The third-order valence-electron chi connectivity index (χ3n) is 4.55. The first-order chi connectivity index (χ1) is 10.2. The maximum atomic E-state index is 11.8. The Labute approximate surface area is 130 Å². The average molecular weight is 289 g/mol. The van der Waals surface area contributed by atoms with E-state index in [2.05, 4.69) is 29.6 Å². The molecule has 0 amide bonds. The van der Waals surface area contributed by atoms with E-state index in [9.17, 15) is 4.79 Å². The summed E-state index contributed by atoms with van der Waals surface area (Å²) >= 11 is 0. The van der Waals surface area contributed by atoms with Crippen molar-refractivity contribution in [1.82, 2.24) is 5.32 Å². The Morgan fingerprint density at radius 3 is 2.24 bits per heavy atom. The fourth-order valence-corrected chi connectivity index (χ4v) is 3.64. The van der Waals surface area contributed by atoms with E-state index < -0.39 is 0 Å². The van der Waals surface area contributed by atoms with Gasteiger partial charge in [0.05, 0.1) is 0 Å². The Hall–Kier alpha value is -1.15. The molecular weight excluding hydrogens is 258 g/mol. The lowest BCUT2D eigenvalue weighted by Crippen LogP contribution is -2.38. The molecule has 0 saturated carbocycles. The highest BCUT2D eigenvalue weighted by atomic mass is 16.1. The van der Waals surface area contributed by atoms with Crippen LogP contribution in [-0.2, 0) is 10.2 Å². The molecule has 1 N–H and O–H groups in total. The van der Waals surface area contributed by atoms with Crippen LogP contribution in [0.5, 0.6) is 0 Å². The Kier molecular flexibility index (Phi) is 7.10. The fourth-order valence-electron chi connectivity index (χ4n) is 3.64. The van der Waals surface area contributed by atoms with Crippen molar-refractivity contribution in [2.24, 2.45) is 0 Å². The largest absolute Gasteiger partial charge is 0.317 e. The smallest absolute Gasteiger partial charge is 0.137 e. The molecule has 0 unspecified atom stereocenters. The Bertz CT molecular complexity index is 447. The van der Waals surface area contributed by atoms with Crippen LogP contribution in [0.4, 0.5) is 0 Å². The van der Waals surface area contributed by atoms with Crippen molar-refractivity contribution in [1.29, 1.82) is 0 Å². The van der Waals surface area contributed by atoms with Crippen LogP contribution in [0, 0.1) is 0 Å². The SMILES string of the molecule is CC.CC.CC(=O)[C@@H]1CC2(CCNCC2)c2ccccc21. The van der Waals surface area contributed by atoms with E-state index in [-0.39, 0.29) is 11.3 Å². The normalized spacial score (nSPS) is 21.5. The highest BCUT2D eigenvalue weighted by Crippen LogP contribution is 2.50. The third-order valence-corrected chi connectivity index (χ3v) is 4.55. The topological polar surface area (TPSA) is 29.1 Å². The van der Waals surface area contributed by atoms with Crippen molar-refractivity contribution in [3.63, 3.8) is 0 Å². The molecule has 2 heteroatoms. The van der Waals surface area contributed by atoms with Gasteiger partial charge in [0.1, 0.15) is 5.78 Å². The zero-order valence-corrected chi connectivity index (χ0v) is 14.3. The molecule has 2 nitrogen and oxygen atoms in total. The van der Waals surface area contributed by atoms with E-state index >= 15 is 0 Å². The van der Waals surface area contributed by atoms with Crippen LogP contribution in [0.15, 0.2) is 24.3 Å². The van der Waals surface area contributed by atoms with Crippen molar-refractivity contribution in [2.75, 3.05) is 13.1 Å². The molecule has 0 radical (unpaired) electrons. The zero-order valence-electron chi connectivity index (χ0n) is 14.3. The highest BCUT2D eigenvalue weighted by molar-refractivity contribution is 5.85. The van der Waals surface area contributed by atoms with E-state index in [1.807, 2.05) is 27.7 Å². The summed E-state index contributed by atoms with van der Waals surface area (Å²) in [5.74, 6) is 0.470. The monoisotopic (exact) mass is 289 g/mol. The average Bonchev–Trinajstić information content (AvgIpc) is 2.87. The molecule has 1 aromatic rings. The van der Waals surface area contributed by atoms with Crippen LogP contribution in [0.2, 0.25) is 0 Å². The molecule has 0 bridgehead atoms. The standard InChI is InChI=1S/C15H19NO.2C2H6/c1-11(17)13-10-15(6-8-16-9-7-15)14-5-3-2-4-12(13)14;2*1-2/h2-5,13,16H,6-10H2,1H3;2*1-2H3/t13-;;/m0../s1. The van der Waals surface area contributed by atoms with Crippen LogP contribution >= 0.6 is 0 Å². The minimum atomic E-state index is 0.143. The van der Waals surface area contributed by atoms with E-state index in [0.717, 1.165) is 19.5 Å². The number of piperidine rings is 1. The summed E-state index contributed by atoms with van der Waals surface area (Å²) in [6.07, 6.45) is 3.38. The first-order valence-electron chi connectivity index (χ1n) is 8.53. The summed E-state index contributed by atoms with van der Waals surface area (Å²) in [6.45, 7) is 11.9. The molecule has 3 rings (SSSR count). The van der Waals surface area contributed by atoms with E-state index in [1.165, 1.54) is 24.0 Å². The predicted molar refractivity (Wildman–Crippen MR) is 91.0 cm³/mol. The van der Waals surface area contributed by atoms with Gasteiger partial charge in [0.2, 0.25) is 0 Å². The number of hydrogen-bond donors (Lipinski definition) is 1. The van der Waals surface area contributed by atoms with Crippen LogP contribution in [0.1, 0.15) is 70.9 Å². The molecular formula is C19H31NO. The second kappa shape index (κ2) is 8.33. The molecule has 1 aliphatic carbocycles. The number of nitrogens with one attached hydrogen (secondary N) is 1. The Morgan fingerprint density at radius 1 is 1.10 bits per heavy atom. The van der Waals surface area contributed by atoms with E-state index in [0.29, 0.717) is 5.78 Å². The summed E-state index contributed by atoms with van der Waals surface area (Å²) in [5, 5.41) is 3.43. The van der Waals surface area contributed by atoms with Crippen LogP contribution < -0.4 is 5.32 Å². The summed E-state index contributed by atoms with van der Waals surface area (Å²) < 4.78 is 0. The molecule has 1 spiro atoms. The number of carbonyl (C=O) groups excluding carboxylic acids is 1. The molecule has 0 aromatic heterocycles. The van der Waals surface area contributed by atoms with Crippen LogP contribution in [0.3, 0.4) is 0 Å². The number of fused-ring (bicyclic) bond motifs is 2. The van der Waals surface area contributed by atoms with Gasteiger partial charge in [-0.05, 0) is 55.8 Å². The molecule has 2 aliphatic rings. The highest BCUT2D eigenvalue weighted by Gasteiger charge is 2.45. The second-order valence-electron chi connectivity index (χ2n) is 5.48. The third kappa shape index (κ3) is 3.55. The van der Waals surface area contributed by atoms with Gasteiger partial charge in [-0.15, -0.1) is 0 Å². The predicted octanol–water partition coefficient (Wildman–Crippen LogP) is 4.44. The van der Waals surface area contributed by atoms with Crippen molar-refractivity contribution in [3.8, 4) is 0 Å². The number of Topliss-reactive ketones (excluding diaryl/α,β-unsaturated/α-hetero) is 1. The summed E-state index contributed by atoms with van der Waals surface area (Å²) in [7, 11) is 0. The molecule has 1 aromatic carbocycles. The quantitative estimate of drug-likeness (QED) is 0.828. The minimum absolute atomic E-state index is 0.143. The summed E-state index contributed by atoms with van der Waals surface area (Å²) in [6, 6.07) is 8.57. The Balaban J connectivity index is 0.000000510. The molecule has 1 saturated heterocycles. The number of carbonyl (C=O) groups is 1. The van der Waals surface area contributed by atoms with Gasteiger partial charge >= 0.3 is 0 Å². The second-order valence-corrected chi connectivity index (χ2v) is 5.48. The molecule has 1 atom stereocenters. The zero-order chi connectivity index (χ0) is 15.9. The lowest BCUT2D eigenvalue weighted by molar-refractivity contribution is -0.118. The lowest BCUT2D eigenvalue weighted by atomic mass is 9.73. The van der Waals surface area contributed by atoms with Gasteiger partial charge in [0.25, 0.3) is 0 Å². The van der Waals surface area contributed by atoms with E-state index in [1.54, 1.807) is 6.92 Å². The molecule has 1 heterocycles. The van der Waals surface area contributed by atoms with Gasteiger partial charge in [-0.3, -0.25) is 4.79 Å². The minimum Gasteiger partial charge on any atom is -0.317 e. The van der Waals surface area contributed by atoms with Gasteiger partial charge in [-0.25, -0.2) is 0 Å². The van der Waals surface area contributed by atoms with Gasteiger partial charge in [0.15, 0.2) is 0 Å². The van der Waals surface area contributed by atoms with Crippen molar-refractivity contribution in [2.45, 2.75) is 65.2 Å². The van der Waals surface area contributed by atoms with E-state index in [4.69, 9.17) is 0 Å². The van der Waals surface area contributed by atoms with Gasteiger partial charge in [0, 0.05) is 5.92 Å². The van der Waals surface area contributed by atoms with Gasteiger partial charge < -0.3 is 5.32 Å². The van der Waals surface area contributed by atoms with Gasteiger partial charge in [-0.2, -0.15) is 0 Å². The number of benzene rings is 1. The molecule has 1 fully saturated rings. The summed E-state index contributed by atoms with van der Waals surface area (Å²) in [4.78, 5) is 11.8. The maximum Gasteiger partial charge on any atom is 0.137 e. The molecule has 21 heavy (non-hydrogen) atoms.